The van der Waals surface area contributed by atoms with Crippen molar-refractivity contribution in [1.29, 1.82) is 5.26 Å². The summed E-state index contributed by atoms with van der Waals surface area (Å²) in [5.41, 5.74) is 4.11. The van der Waals surface area contributed by atoms with Crippen LogP contribution in [0, 0.1) is 18.3 Å². The summed E-state index contributed by atoms with van der Waals surface area (Å²) < 4.78 is 1.91. The Balaban J connectivity index is 1.98. The molecule has 0 aliphatic rings. The third-order valence-electron chi connectivity index (χ3n) is 2.95. The highest BCUT2D eigenvalue weighted by Gasteiger charge is 2.07. The quantitative estimate of drug-likeness (QED) is 0.828. The van der Waals surface area contributed by atoms with Gasteiger partial charge in [-0.1, -0.05) is 0 Å². The summed E-state index contributed by atoms with van der Waals surface area (Å²) in [4.78, 5) is 0. The van der Waals surface area contributed by atoms with Crippen molar-refractivity contribution in [2.75, 3.05) is 0 Å². The molecule has 0 unspecified atom stereocenters. The lowest BCUT2D eigenvalue weighted by atomic mass is 10.2. The minimum Gasteiger partial charge on any atom is -0.340 e. The molecule has 0 aliphatic carbocycles. The van der Waals surface area contributed by atoms with Gasteiger partial charge in [0.2, 0.25) is 0 Å². The maximum absolute atomic E-state index is 8.93. The van der Waals surface area contributed by atoms with Crippen molar-refractivity contribution in [3.05, 3.63) is 41.0 Å². The molecule has 0 saturated heterocycles. The molecule has 0 saturated carbocycles. The third kappa shape index (κ3) is 2.37. The summed E-state index contributed by atoms with van der Waals surface area (Å²) in [6.07, 6.45) is 3.66. The normalized spacial score (nSPS) is 10.4. The highest BCUT2D eigenvalue weighted by Crippen LogP contribution is 2.13. The Morgan fingerprint density at radius 3 is 2.94 bits per heavy atom. The Kier molecular flexibility index (Phi) is 3.26. The molecule has 17 heavy (non-hydrogen) atoms. The van der Waals surface area contributed by atoms with E-state index in [0.717, 1.165) is 29.9 Å². The summed E-state index contributed by atoms with van der Waals surface area (Å²) in [6.45, 7) is 3.55. The molecule has 0 aliphatic heterocycles. The predicted octanol–water partition coefficient (Wildman–Crippen LogP) is 1.22. The number of hydrogen-bond acceptors (Lipinski definition) is 3. The van der Waals surface area contributed by atoms with Crippen LogP contribution in [0.2, 0.25) is 0 Å². The number of H-pyrrole nitrogens is 1. The average molecular weight is 229 g/mol. The van der Waals surface area contributed by atoms with Crippen molar-refractivity contribution in [1.82, 2.24) is 20.1 Å². The number of nitrogens with one attached hydrogen (secondary N) is 2. The maximum Gasteiger partial charge on any atom is 0.120 e. The van der Waals surface area contributed by atoms with Gasteiger partial charge in [0.15, 0.2) is 0 Å². The molecule has 5 heteroatoms. The summed E-state index contributed by atoms with van der Waals surface area (Å²) in [5, 5.41) is 18.9. The van der Waals surface area contributed by atoms with Crippen LogP contribution in [0.15, 0.2) is 18.5 Å². The van der Waals surface area contributed by atoms with Crippen molar-refractivity contribution in [2.45, 2.75) is 20.0 Å². The fourth-order valence-electron chi connectivity index (χ4n) is 1.76. The smallest absolute Gasteiger partial charge is 0.120 e. The van der Waals surface area contributed by atoms with E-state index in [-0.39, 0.29) is 0 Å². The summed E-state index contributed by atoms with van der Waals surface area (Å²) in [6, 6.07) is 4.11. The maximum atomic E-state index is 8.93. The van der Waals surface area contributed by atoms with E-state index < -0.39 is 0 Å². The zero-order valence-corrected chi connectivity index (χ0v) is 9.99. The fraction of sp³-hybridized carbons (Fsp3) is 0.333. The third-order valence-corrected chi connectivity index (χ3v) is 2.95. The van der Waals surface area contributed by atoms with E-state index in [1.54, 1.807) is 6.20 Å². The molecular formula is C12H15N5. The summed E-state index contributed by atoms with van der Waals surface area (Å²) in [5.74, 6) is 0. The van der Waals surface area contributed by atoms with Crippen LogP contribution in [0.5, 0.6) is 0 Å². The van der Waals surface area contributed by atoms with E-state index in [4.69, 9.17) is 5.26 Å². The Morgan fingerprint density at radius 2 is 2.35 bits per heavy atom. The zero-order valence-electron chi connectivity index (χ0n) is 9.99. The van der Waals surface area contributed by atoms with Crippen molar-refractivity contribution < 1.29 is 0 Å². The van der Waals surface area contributed by atoms with Crippen molar-refractivity contribution >= 4 is 0 Å². The van der Waals surface area contributed by atoms with Gasteiger partial charge in [0.25, 0.3) is 0 Å². The predicted molar refractivity (Wildman–Crippen MR) is 64.0 cm³/mol. The Bertz CT molecular complexity index is 530. The molecule has 5 nitrogen and oxygen atoms in total. The van der Waals surface area contributed by atoms with Crippen LogP contribution in [0.4, 0.5) is 0 Å². The van der Waals surface area contributed by atoms with E-state index in [1.165, 1.54) is 0 Å². The van der Waals surface area contributed by atoms with Gasteiger partial charge < -0.3 is 9.88 Å². The molecular weight excluding hydrogens is 214 g/mol. The number of aromatic amines is 1. The van der Waals surface area contributed by atoms with Gasteiger partial charge in [-0.2, -0.15) is 10.4 Å². The summed E-state index contributed by atoms with van der Waals surface area (Å²) in [7, 11) is 1.91. The Morgan fingerprint density at radius 1 is 1.53 bits per heavy atom. The molecule has 2 aromatic rings. The van der Waals surface area contributed by atoms with Gasteiger partial charge in [0.05, 0.1) is 6.20 Å². The van der Waals surface area contributed by atoms with E-state index in [0.29, 0.717) is 5.69 Å². The Hall–Kier alpha value is -2.06. The molecule has 0 spiro atoms. The van der Waals surface area contributed by atoms with Crippen LogP contribution in [0.1, 0.15) is 22.5 Å². The van der Waals surface area contributed by atoms with Crippen molar-refractivity contribution in [3.63, 3.8) is 0 Å². The molecule has 0 amide bonds. The molecule has 0 radical (unpaired) electrons. The van der Waals surface area contributed by atoms with E-state index in [1.807, 2.05) is 30.8 Å². The highest BCUT2D eigenvalue weighted by atomic mass is 15.1. The Labute approximate surface area is 100 Å². The first-order valence-corrected chi connectivity index (χ1v) is 5.46. The number of aromatic nitrogens is 3. The second-order valence-electron chi connectivity index (χ2n) is 4.02. The molecule has 2 aromatic heterocycles. The minimum atomic E-state index is 0.697. The minimum absolute atomic E-state index is 0.697. The van der Waals surface area contributed by atoms with Crippen LogP contribution in [-0.2, 0) is 20.1 Å². The van der Waals surface area contributed by atoms with Crippen LogP contribution >= 0.6 is 0 Å². The second-order valence-corrected chi connectivity index (χ2v) is 4.02. The lowest BCUT2D eigenvalue weighted by Crippen LogP contribution is -2.12. The molecule has 0 bridgehead atoms. The SMILES string of the molecule is Cc1c(CNCc2cn[nH]c2)cc(C#N)n1C. The first-order chi connectivity index (χ1) is 8.22. The van der Waals surface area contributed by atoms with Crippen molar-refractivity contribution in [2.24, 2.45) is 7.05 Å². The van der Waals surface area contributed by atoms with Crippen LogP contribution in [0.25, 0.3) is 0 Å². The van der Waals surface area contributed by atoms with Gasteiger partial charge in [-0.3, -0.25) is 5.10 Å². The van der Waals surface area contributed by atoms with E-state index >= 15 is 0 Å². The lowest BCUT2D eigenvalue weighted by molar-refractivity contribution is 0.687. The highest BCUT2D eigenvalue weighted by molar-refractivity contribution is 5.34. The van der Waals surface area contributed by atoms with Gasteiger partial charge in [0, 0.05) is 37.6 Å². The van der Waals surface area contributed by atoms with Crippen molar-refractivity contribution in [3.8, 4) is 6.07 Å². The monoisotopic (exact) mass is 229 g/mol. The molecule has 2 heterocycles. The first kappa shape index (κ1) is 11.4. The molecule has 0 atom stereocenters. The summed E-state index contributed by atoms with van der Waals surface area (Å²) >= 11 is 0. The zero-order chi connectivity index (χ0) is 12.3. The number of nitrogens with zero attached hydrogens (tertiary/aromatic N) is 3. The molecule has 2 N–H and O–H groups in total. The topological polar surface area (TPSA) is 69.4 Å². The van der Waals surface area contributed by atoms with E-state index in [9.17, 15) is 0 Å². The molecule has 2 rings (SSSR count). The van der Waals surface area contributed by atoms with Gasteiger partial charge in [-0.25, -0.2) is 0 Å². The van der Waals surface area contributed by atoms with Crippen LogP contribution in [-0.4, -0.2) is 14.8 Å². The number of nitriles is 1. The van der Waals surface area contributed by atoms with Crippen LogP contribution < -0.4 is 5.32 Å². The van der Waals surface area contributed by atoms with Gasteiger partial charge >= 0.3 is 0 Å². The average Bonchev–Trinajstić information content (AvgIpc) is 2.92. The first-order valence-electron chi connectivity index (χ1n) is 5.46. The second kappa shape index (κ2) is 4.85. The van der Waals surface area contributed by atoms with E-state index in [2.05, 4.69) is 21.6 Å². The van der Waals surface area contributed by atoms with Gasteiger partial charge in [-0.15, -0.1) is 0 Å². The number of hydrogen-bond donors (Lipinski definition) is 2. The number of rotatable bonds is 4. The molecule has 88 valence electrons. The molecule has 0 fully saturated rings. The lowest BCUT2D eigenvalue weighted by Gasteiger charge is -2.03. The van der Waals surface area contributed by atoms with Crippen LogP contribution in [0.3, 0.4) is 0 Å². The van der Waals surface area contributed by atoms with Gasteiger partial charge in [0.1, 0.15) is 11.8 Å². The fourth-order valence-corrected chi connectivity index (χ4v) is 1.76. The standard InChI is InChI=1S/C12H15N5/c1-9-11(3-12(4-13)17(9)2)8-14-5-10-6-15-16-7-10/h3,6-7,14H,5,8H2,1-2H3,(H,15,16). The largest absolute Gasteiger partial charge is 0.340 e. The van der Waals surface area contributed by atoms with Gasteiger partial charge in [-0.05, 0) is 18.6 Å². The molecule has 0 aromatic carbocycles.